The van der Waals surface area contributed by atoms with Gasteiger partial charge in [0.1, 0.15) is 0 Å². The summed E-state index contributed by atoms with van der Waals surface area (Å²) in [5.74, 6) is 0.670. The zero-order chi connectivity index (χ0) is 13.8. The van der Waals surface area contributed by atoms with E-state index >= 15 is 0 Å². The molecule has 0 amide bonds. The molecule has 19 heavy (non-hydrogen) atoms. The lowest BCUT2D eigenvalue weighted by molar-refractivity contribution is 0.437. The molecule has 102 valence electrons. The molecule has 1 atom stereocenters. The van der Waals surface area contributed by atoms with E-state index in [0.29, 0.717) is 16.5 Å². The van der Waals surface area contributed by atoms with Gasteiger partial charge >= 0.3 is 0 Å². The van der Waals surface area contributed by atoms with Gasteiger partial charge in [-0.1, -0.05) is 37.4 Å². The summed E-state index contributed by atoms with van der Waals surface area (Å²) in [6.45, 7) is 4.28. The maximum atomic E-state index is 6.04. The van der Waals surface area contributed by atoms with E-state index < -0.39 is 0 Å². The van der Waals surface area contributed by atoms with Gasteiger partial charge in [0.15, 0.2) is 5.82 Å². The number of para-hydroxylation sites is 1. The lowest BCUT2D eigenvalue weighted by atomic mass is 10.1. The molecule has 1 aromatic carbocycles. The molecular formula is C13H18ClN5. The molecule has 5 nitrogen and oxygen atoms in total. The van der Waals surface area contributed by atoms with Crippen molar-refractivity contribution in [3.63, 3.8) is 0 Å². The maximum absolute atomic E-state index is 6.04. The van der Waals surface area contributed by atoms with Crippen molar-refractivity contribution >= 4 is 17.3 Å². The molecule has 0 aliphatic rings. The summed E-state index contributed by atoms with van der Waals surface area (Å²) in [6.07, 6.45) is 3.33. The Morgan fingerprint density at radius 3 is 2.95 bits per heavy atom. The van der Waals surface area contributed by atoms with Gasteiger partial charge in [0, 0.05) is 5.56 Å². The third-order valence-electron chi connectivity index (χ3n) is 3.18. The van der Waals surface area contributed by atoms with Crippen molar-refractivity contribution in [2.45, 2.75) is 39.2 Å². The monoisotopic (exact) mass is 279 g/mol. The van der Waals surface area contributed by atoms with E-state index in [2.05, 4.69) is 29.4 Å². The summed E-state index contributed by atoms with van der Waals surface area (Å²) in [4.78, 5) is 0. The lowest BCUT2D eigenvalue weighted by Crippen LogP contribution is -2.10. The van der Waals surface area contributed by atoms with Crippen LogP contribution in [0.4, 0.5) is 5.69 Å². The third kappa shape index (κ3) is 2.87. The molecule has 1 aromatic heterocycles. The average molecular weight is 280 g/mol. The largest absolute Gasteiger partial charge is 0.397 e. The minimum Gasteiger partial charge on any atom is -0.397 e. The van der Waals surface area contributed by atoms with Crippen molar-refractivity contribution in [1.29, 1.82) is 0 Å². The molecular weight excluding hydrogens is 262 g/mol. The van der Waals surface area contributed by atoms with E-state index in [-0.39, 0.29) is 6.04 Å². The number of halogens is 1. The zero-order valence-corrected chi connectivity index (χ0v) is 11.9. The highest BCUT2D eigenvalue weighted by Crippen LogP contribution is 2.31. The van der Waals surface area contributed by atoms with Gasteiger partial charge in [-0.2, -0.15) is 0 Å². The van der Waals surface area contributed by atoms with Gasteiger partial charge in [-0.05, 0) is 35.9 Å². The van der Waals surface area contributed by atoms with Gasteiger partial charge in [0.25, 0.3) is 0 Å². The highest BCUT2D eigenvalue weighted by Gasteiger charge is 2.17. The van der Waals surface area contributed by atoms with Crippen molar-refractivity contribution in [3.8, 4) is 11.4 Å². The van der Waals surface area contributed by atoms with Crippen LogP contribution in [0.3, 0.4) is 0 Å². The number of unbranched alkanes of at least 4 members (excludes halogenated alkanes) is 1. The van der Waals surface area contributed by atoms with E-state index in [9.17, 15) is 0 Å². The van der Waals surface area contributed by atoms with Crippen LogP contribution >= 0.6 is 11.6 Å². The smallest absolute Gasteiger partial charge is 0.184 e. The van der Waals surface area contributed by atoms with Crippen LogP contribution in [0.5, 0.6) is 0 Å². The minimum atomic E-state index is 0.239. The fourth-order valence-corrected chi connectivity index (χ4v) is 2.20. The second kappa shape index (κ2) is 6.02. The standard InChI is InChI=1S/C13H18ClN5/c1-3-4-6-9(2)19-13(16-17-18-19)10-7-5-8-11(14)12(10)15/h5,7-9H,3-4,6,15H2,1-2H3. The summed E-state index contributed by atoms with van der Waals surface area (Å²) < 4.78 is 1.82. The van der Waals surface area contributed by atoms with Gasteiger partial charge in [-0.3, -0.25) is 0 Å². The van der Waals surface area contributed by atoms with Crippen molar-refractivity contribution in [2.24, 2.45) is 0 Å². The number of nitrogen functional groups attached to an aromatic ring is 1. The molecule has 0 radical (unpaired) electrons. The van der Waals surface area contributed by atoms with E-state index in [1.807, 2.05) is 16.8 Å². The SMILES string of the molecule is CCCCC(C)n1nnnc1-c1cccc(Cl)c1N. The van der Waals surface area contributed by atoms with Crippen molar-refractivity contribution in [3.05, 3.63) is 23.2 Å². The Kier molecular flexibility index (Phi) is 4.37. The molecule has 0 saturated carbocycles. The van der Waals surface area contributed by atoms with Gasteiger partial charge in [0.2, 0.25) is 0 Å². The zero-order valence-electron chi connectivity index (χ0n) is 11.2. The quantitative estimate of drug-likeness (QED) is 0.852. The van der Waals surface area contributed by atoms with Crippen molar-refractivity contribution in [1.82, 2.24) is 20.2 Å². The fraction of sp³-hybridized carbons (Fsp3) is 0.462. The molecule has 0 aliphatic carbocycles. The Labute approximate surface area is 117 Å². The second-order valence-electron chi connectivity index (χ2n) is 4.64. The summed E-state index contributed by atoms with van der Waals surface area (Å²) >= 11 is 6.04. The Balaban J connectivity index is 2.36. The molecule has 1 unspecified atom stereocenters. The number of rotatable bonds is 5. The van der Waals surface area contributed by atoms with Crippen LogP contribution < -0.4 is 5.73 Å². The van der Waals surface area contributed by atoms with Crippen LogP contribution in [0.2, 0.25) is 5.02 Å². The molecule has 2 N–H and O–H groups in total. The van der Waals surface area contributed by atoms with Gasteiger partial charge in [-0.25, -0.2) is 4.68 Å². The predicted molar refractivity (Wildman–Crippen MR) is 76.9 cm³/mol. The number of tetrazole rings is 1. The lowest BCUT2D eigenvalue weighted by Gasteiger charge is -2.14. The van der Waals surface area contributed by atoms with E-state index in [4.69, 9.17) is 17.3 Å². The highest BCUT2D eigenvalue weighted by molar-refractivity contribution is 6.33. The summed E-state index contributed by atoms with van der Waals surface area (Å²) in [6, 6.07) is 5.73. The Morgan fingerprint density at radius 2 is 2.21 bits per heavy atom. The molecule has 0 spiro atoms. The third-order valence-corrected chi connectivity index (χ3v) is 3.51. The van der Waals surface area contributed by atoms with Crippen molar-refractivity contribution < 1.29 is 0 Å². The number of aromatic nitrogens is 4. The van der Waals surface area contributed by atoms with Crippen LogP contribution in [0.1, 0.15) is 39.2 Å². The normalized spacial score (nSPS) is 12.6. The number of nitrogens with zero attached hydrogens (tertiary/aromatic N) is 4. The van der Waals surface area contributed by atoms with Crippen LogP contribution in [-0.2, 0) is 0 Å². The van der Waals surface area contributed by atoms with Crippen LogP contribution in [0.15, 0.2) is 18.2 Å². The maximum Gasteiger partial charge on any atom is 0.184 e. The molecule has 0 saturated heterocycles. The summed E-state index contributed by atoms with van der Waals surface area (Å²) in [5, 5.41) is 12.4. The van der Waals surface area contributed by atoms with Gasteiger partial charge in [-0.15, -0.1) is 5.10 Å². The Bertz CT molecular complexity index is 552. The first kappa shape index (κ1) is 13.8. The number of anilines is 1. The van der Waals surface area contributed by atoms with Gasteiger partial charge in [0.05, 0.1) is 16.8 Å². The molecule has 2 aromatic rings. The van der Waals surface area contributed by atoms with E-state index in [1.165, 1.54) is 0 Å². The van der Waals surface area contributed by atoms with E-state index in [0.717, 1.165) is 24.8 Å². The van der Waals surface area contributed by atoms with Crippen molar-refractivity contribution in [2.75, 3.05) is 5.73 Å². The number of nitrogens with two attached hydrogens (primary N) is 1. The molecule has 0 aliphatic heterocycles. The van der Waals surface area contributed by atoms with Crippen LogP contribution in [-0.4, -0.2) is 20.2 Å². The topological polar surface area (TPSA) is 69.6 Å². The second-order valence-corrected chi connectivity index (χ2v) is 5.05. The molecule has 6 heteroatoms. The summed E-state index contributed by atoms with van der Waals surface area (Å²) in [5.41, 5.74) is 7.30. The Hall–Kier alpha value is -1.62. The predicted octanol–water partition coefficient (Wildman–Crippen LogP) is 3.33. The Morgan fingerprint density at radius 1 is 1.42 bits per heavy atom. The van der Waals surface area contributed by atoms with Crippen LogP contribution in [0, 0.1) is 0 Å². The number of benzene rings is 1. The first-order chi connectivity index (χ1) is 9.15. The van der Waals surface area contributed by atoms with Gasteiger partial charge < -0.3 is 5.73 Å². The average Bonchev–Trinajstić information content (AvgIpc) is 2.88. The van der Waals surface area contributed by atoms with Crippen LogP contribution in [0.25, 0.3) is 11.4 Å². The molecule has 0 fully saturated rings. The summed E-state index contributed by atoms with van der Waals surface area (Å²) in [7, 11) is 0. The van der Waals surface area contributed by atoms with E-state index in [1.54, 1.807) is 6.07 Å². The highest BCUT2D eigenvalue weighted by atomic mass is 35.5. The molecule has 2 rings (SSSR count). The number of hydrogen-bond acceptors (Lipinski definition) is 4. The molecule has 1 heterocycles. The number of hydrogen-bond donors (Lipinski definition) is 1. The minimum absolute atomic E-state index is 0.239. The first-order valence-electron chi connectivity index (χ1n) is 6.47. The molecule has 0 bridgehead atoms. The fourth-order valence-electron chi connectivity index (χ4n) is 2.02. The first-order valence-corrected chi connectivity index (χ1v) is 6.85.